The Kier molecular flexibility index (Phi) is 28.0. The summed E-state index contributed by atoms with van der Waals surface area (Å²) in [5, 5.41) is 30.3. The average molecular weight is 1360 g/mol. The molecule has 24 nitrogen and oxygen atoms in total. The molecular formula is C69H98N8O16S2. The Balaban J connectivity index is 1.71. The van der Waals surface area contributed by atoms with Gasteiger partial charge in [0.25, 0.3) is 0 Å². The standard InChI is InChI=1S/C69H98N8O16S2/c1-41(89-65(2,3)4)55-60(83)74-52(61(84)85)40-95-94-39-51(73-58(81)49(35-42-24-18-17-19-25-42)75-63(87)92-68(11,12)13)54(78)37-44(34-43-29-31-46(32-30-43)90-66(5,6)7)56(79)72-50(36-45-38-77(64(88)93-69(14,15)16)53-28-21-20-26-47(45)53)59(82)71-48(57(80)76-55)27-22-23-33-70-62(86)91-67(8,9)10/h17-21,24-26,28-32,38,41,44,48-52,55H,22-23,27,33-37,39-40H2,1-16H3,(H,70,86)(H,71,82)(H,72,79)(H,73,81)(H,74,83)(H,75,87)(H,76,80)(H,84,85)/t41-,44-,48+,49-,50-,51+,52+,55+/m1/s1. The van der Waals surface area contributed by atoms with E-state index in [4.69, 9.17) is 23.7 Å². The fraction of sp³-hybridized carbons (Fsp3) is 0.565. The van der Waals surface area contributed by atoms with E-state index in [0.29, 0.717) is 33.3 Å². The van der Waals surface area contributed by atoms with Crippen LogP contribution < -0.4 is 42.0 Å². The van der Waals surface area contributed by atoms with Gasteiger partial charge < -0.3 is 66.0 Å². The molecule has 1 aliphatic rings. The smallest absolute Gasteiger partial charge is 0.419 e. The Labute approximate surface area is 565 Å². The van der Waals surface area contributed by atoms with Crippen LogP contribution in [0.3, 0.4) is 0 Å². The van der Waals surface area contributed by atoms with Gasteiger partial charge in [-0.1, -0.05) is 82.3 Å². The number of aromatic nitrogens is 1. The Bertz CT molecular complexity index is 3310. The van der Waals surface area contributed by atoms with Crippen LogP contribution in [0, 0.1) is 5.92 Å². The number of hydrogen-bond donors (Lipinski definition) is 8. The van der Waals surface area contributed by atoms with Crippen molar-refractivity contribution in [1.29, 1.82) is 0 Å². The normalized spacial score (nSPS) is 20.1. The number of alkyl carbamates (subject to hydrolysis) is 2. The van der Waals surface area contributed by atoms with Gasteiger partial charge in [0.2, 0.25) is 29.5 Å². The van der Waals surface area contributed by atoms with Gasteiger partial charge in [0, 0.05) is 54.8 Å². The summed E-state index contributed by atoms with van der Waals surface area (Å²) in [6.45, 7) is 27.7. The molecule has 0 saturated carbocycles. The van der Waals surface area contributed by atoms with Crippen LogP contribution in [0.4, 0.5) is 14.4 Å². The van der Waals surface area contributed by atoms with Crippen LogP contribution in [-0.2, 0) is 71.8 Å². The highest BCUT2D eigenvalue weighted by Crippen LogP contribution is 2.29. The predicted octanol–water partition coefficient (Wildman–Crippen LogP) is 8.90. The summed E-state index contributed by atoms with van der Waals surface area (Å²) in [6, 6.07) is 13.6. The molecule has 4 aromatic rings. The Morgan fingerprint density at radius 1 is 0.621 bits per heavy atom. The van der Waals surface area contributed by atoms with Crippen LogP contribution >= 0.6 is 21.6 Å². The summed E-state index contributed by atoms with van der Waals surface area (Å²) in [5.74, 6) is -7.76. The highest BCUT2D eigenvalue weighted by molar-refractivity contribution is 8.76. The molecule has 0 aliphatic carbocycles. The number of aliphatic carboxylic acids is 1. The third kappa shape index (κ3) is 27.4. The number of nitrogens with zero attached hydrogens (tertiary/aromatic N) is 1. The lowest BCUT2D eigenvalue weighted by molar-refractivity contribution is -0.144. The topological polar surface area (TPSA) is 326 Å². The number of benzene rings is 3. The molecule has 2 heterocycles. The first-order chi connectivity index (χ1) is 44.1. The zero-order chi connectivity index (χ0) is 70.8. The third-order valence-corrected chi connectivity index (χ3v) is 16.5. The molecule has 8 N–H and O–H groups in total. The highest BCUT2D eigenvalue weighted by Gasteiger charge is 2.39. The Morgan fingerprint density at radius 2 is 1.21 bits per heavy atom. The number of Topliss-reactive ketones (excluding diaryl/α,β-unsaturated/α-hetero) is 1. The molecule has 1 aliphatic heterocycles. The molecule has 522 valence electrons. The van der Waals surface area contributed by atoms with Crippen LogP contribution in [0.25, 0.3) is 10.9 Å². The zero-order valence-electron chi connectivity index (χ0n) is 57.6. The summed E-state index contributed by atoms with van der Waals surface area (Å²) in [4.78, 5) is 144. The quantitative estimate of drug-likeness (QED) is 0.0262. The Hall–Kier alpha value is -7.84. The molecule has 1 saturated heterocycles. The minimum Gasteiger partial charge on any atom is -0.488 e. The number of hydrogen-bond acceptors (Lipinski definition) is 17. The van der Waals surface area contributed by atoms with E-state index in [9.17, 15) is 33.9 Å². The zero-order valence-corrected chi connectivity index (χ0v) is 59.2. The maximum Gasteiger partial charge on any atom is 0.419 e. The average Bonchev–Trinajstić information content (AvgIpc) is 1.65. The molecule has 7 amide bonds. The molecular weight excluding hydrogens is 1260 g/mol. The second kappa shape index (κ2) is 34.2. The van der Waals surface area contributed by atoms with Gasteiger partial charge in [-0.2, -0.15) is 0 Å². The molecule has 8 atom stereocenters. The van der Waals surface area contributed by atoms with Crippen molar-refractivity contribution in [2.75, 3.05) is 18.1 Å². The number of ether oxygens (including phenoxy) is 5. The van der Waals surface area contributed by atoms with E-state index in [1.165, 1.54) is 17.7 Å². The molecule has 26 heteroatoms. The van der Waals surface area contributed by atoms with Gasteiger partial charge in [-0.25, -0.2) is 19.2 Å². The summed E-state index contributed by atoms with van der Waals surface area (Å²) >= 11 is 0. The summed E-state index contributed by atoms with van der Waals surface area (Å²) in [6.07, 6.45) is -2.65. The number of fused-ring (bicyclic) bond motifs is 1. The van der Waals surface area contributed by atoms with Crippen molar-refractivity contribution in [2.24, 2.45) is 5.92 Å². The first kappa shape index (κ1) is 77.9. The van der Waals surface area contributed by atoms with E-state index in [1.54, 1.807) is 162 Å². The van der Waals surface area contributed by atoms with E-state index in [0.717, 1.165) is 21.6 Å². The number of carboxylic acids is 1. The van der Waals surface area contributed by atoms with Crippen LogP contribution in [0.2, 0.25) is 0 Å². The van der Waals surface area contributed by atoms with Crippen molar-refractivity contribution in [1.82, 2.24) is 41.8 Å². The first-order valence-electron chi connectivity index (χ1n) is 31.9. The second-order valence-corrected chi connectivity index (χ2v) is 31.1. The van der Waals surface area contributed by atoms with Crippen LogP contribution in [0.5, 0.6) is 5.75 Å². The van der Waals surface area contributed by atoms with Gasteiger partial charge in [0.15, 0.2) is 5.78 Å². The maximum absolute atomic E-state index is 15.6. The molecule has 5 rings (SSSR count). The predicted molar refractivity (Wildman–Crippen MR) is 365 cm³/mol. The lowest BCUT2D eigenvalue weighted by atomic mass is 9.90. The van der Waals surface area contributed by atoms with Crippen LogP contribution in [-0.4, -0.2) is 158 Å². The van der Waals surface area contributed by atoms with Crippen molar-refractivity contribution < 1.29 is 76.7 Å². The summed E-state index contributed by atoms with van der Waals surface area (Å²) in [5.41, 5.74) is -2.11. The second-order valence-electron chi connectivity index (χ2n) is 28.5. The van der Waals surface area contributed by atoms with Gasteiger partial charge in [-0.15, -0.1) is 0 Å². The van der Waals surface area contributed by atoms with E-state index >= 15 is 19.2 Å². The summed E-state index contributed by atoms with van der Waals surface area (Å²) in [7, 11) is 1.96. The molecule has 0 unspecified atom stereocenters. The molecule has 95 heavy (non-hydrogen) atoms. The molecule has 0 bridgehead atoms. The number of unbranched alkanes of at least 4 members (excludes halogenated alkanes) is 1. The third-order valence-electron chi connectivity index (χ3n) is 14.1. The minimum atomic E-state index is -1.60. The van der Waals surface area contributed by atoms with Gasteiger partial charge >= 0.3 is 24.2 Å². The van der Waals surface area contributed by atoms with Crippen molar-refractivity contribution in [3.63, 3.8) is 0 Å². The van der Waals surface area contributed by atoms with Gasteiger partial charge in [0.1, 0.15) is 58.4 Å². The number of carbonyl (C=O) groups is 10. The number of amides is 7. The van der Waals surface area contributed by atoms with Gasteiger partial charge in [-0.05, 0) is 171 Å². The lowest BCUT2D eigenvalue weighted by Crippen LogP contribution is -2.61. The monoisotopic (exact) mass is 1360 g/mol. The molecule has 0 radical (unpaired) electrons. The highest BCUT2D eigenvalue weighted by atomic mass is 33.1. The SMILES string of the molecule is C[C@@H](OC(C)(C)C)[C@@H]1NC(=O)[C@H](CCCCNC(=O)OC(C)(C)C)NC(=O)[C@@H](Cc2cn(C(=O)OC(C)(C)C)c3ccccc23)NC(=O)[C@H](Cc2ccc(OC(C)(C)C)cc2)CC(=O)[C@@H](NC(=O)[C@@H](Cc2ccccc2)NC(=O)OC(C)(C)C)CSSC[C@@H](C(=O)O)NC1=O. The lowest BCUT2D eigenvalue weighted by Gasteiger charge is -2.32. The Morgan fingerprint density at radius 3 is 1.82 bits per heavy atom. The van der Waals surface area contributed by atoms with Gasteiger partial charge in [-0.3, -0.25) is 33.3 Å². The fourth-order valence-corrected chi connectivity index (χ4v) is 12.4. The molecule has 0 spiro atoms. The number of nitrogens with one attached hydrogen (secondary N) is 7. The fourth-order valence-electron chi connectivity index (χ4n) is 10.0. The maximum atomic E-state index is 15.6. The first-order valence-corrected chi connectivity index (χ1v) is 34.4. The van der Waals surface area contributed by atoms with E-state index in [1.807, 2.05) is 20.8 Å². The number of rotatable bonds is 18. The number of para-hydroxylation sites is 1. The molecule has 1 fully saturated rings. The summed E-state index contributed by atoms with van der Waals surface area (Å²) < 4.78 is 30.4. The van der Waals surface area contributed by atoms with E-state index in [-0.39, 0.29) is 56.6 Å². The number of carbonyl (C=O) groups excluding carboxylic acids is 9. The van der Waals surface area contributed by atoms with E-state index < -0.39 is 142 Å². The largest absolute Gasteiger partial charge is 0.488 e. The van der Waals surface area contributed by atoms with Crippen molar-refractivity contribution in [2.45, 2.75) is 226 Å². The van der Waals surface area contributed by atoms with Crippen molar-refractivity contribution >= 4 is 92.1 Å². The number of ketones is 1. The van der Waals surface area contributed by atoms with Gasteiger partial charge in [0.05, 0.1) is 23.3 Å². The van der Waals surface area contributed by atoms with Crippen molar-refractivity contribution in [3.8, 4) is 5.75 Å². The minimum absolute atomic E-state index is 0.0401. The molecule has 1 aromatic heterocycles. The molecule has 3 aromatic carbocycles. The van der Waals surface area contributed by atoms with Crippen LogP contribution in [0.1, 0.15) is 153 Å². The van der Waals surface area contributed by atoms with Crippen LogP contribution in [0.15, 0.2) is 85.1 Å². The van der Waals surface area contributed by atoms with E-state index in [2.05, 4.69) is 37.2 Å². The number of carboxylic acid groups (broad SMARTS) is 1. The van der Waals surface area contributed by atoms with Crippen molar-refractivity contribution in [3.05, 3.63) is 102 Å².